The van der Waals surface area contributed by atoms with Gasteiger partial charge in [-0.1, -0.05) is 35.9 Å². The molecular weight excluding hydrogens is 251 g/mol. The summed E-state index contributed by atoms with van der Waals surface area (Å²) < 4.78 is 13.4. The number of benzene rings is 2. The lowest BCUT2D eigenvalue weighted by Gasteiger charge is -2.11. The molecule has 0 aliphatic heterocycles. The van der Waals surface area contributed by atoms with Crippen molar-refractivity contribution in [2.45, 2.75) is 6.42 Å². The van der Waals surface area contributed by atoms with Crippen molar-refractivity contribution < 1.29 is 4.39 Å². The van der Waals surface area contributed by atoms with Crippen molar-refractivity contribution in [1.82, 2.24) is 0 Å². The Labute approximate surface area is 111 Å². The van der Waals surface area contributed by atoms with Crippen LogP contribution in [0.15, 0.2) is 42.5 Å². The molecule has 0 saturated heterocycles. The van der Waals surface area contributed by atoms with Crippen LogP contribution in [0, 0.1) is 5.82 Å². The number of para-hydroxylation sites is 1. The second-order valence-corrected chi connectivity index (χ2v) is 4.38. The predicted molar refractivity (Wildman–Crippen MR) is 74.5 cm³/mol. The summed E-state index contributed by atoms with van der Waals surface area (Å²) in [4.78, 5) is 0. The number of anilines is 2. The molecule has 0 aliphatic rings. The van der Waals surface area contributed by atoms with Gasteiger partial charge in [-0.2, -0.15) is 0 Å². The van der Waals surface area contributed by atoms with Crippen molar-refractivity contribution in [1.29, 1.82) is 0 Å². The van der Waals surface area contributed by atoms with E-state index in [1.165, 1.54) is 6.07 Å². The van der Waals surface area contributed by atoms with Crippen LogP contribution in [0.2, 0.25) is 5.02 Å². The Balaban J connectivity index is 1.99. The Bertz CT molecular complexity index is 523. The lowest BCUT2D eigenvalue weighted by atomic mass is 10.1. The third-order valence-electron chi connectivity index (χ3n) is 2.70. The third-order valence-corrected chi connectivity index (χ3v) is 3.01. The fraction of sp³-hybridized carbons (Fsp3) is 0.143. The highest BCUT2D eigenvalue weighted by molar-refractivity contribution is 6.33. The highest BCUT2D eigenvalue weighted by Crippen LogP contribution is 2.27. The van der Waals surface area contributed by atoms with Gasteiger partial charge in [-0.3, -0.25) is 0 Å². The van der Waals surface area contributed by atoms with Crippen LogP contribution < -0.4 is 11.1 Å². The van der Waals surface area contributed by atoms with Gasteiger partial charge in [0.1, 0.15) is 5.82 Å². The molecule has 4 heteroatoms. The van der Waals surface area contributed by atoms with Crippen molar-refractivity contribution in [3.05, 3.63) is 58.9 Å². The van der Waals surface area contributed by atoms with E-state index < -0.39 is 0 Å². The first kappa shape index (κ1) is 12.7. The molecule has 0 amide bonds. The molecule has 94 valence electrons. The maximum absolute atomic E-state index is 13.4. The lowest BCUT2D eigenvalue weighted by Crippen LogP contribution is -2.08. The second kappa shape index (κ2) is 5.74. The smallest absolute Gasteiger partial charge is 0.126 e. The molecule has 0 aromatic heterocycles. The van der Waals surface area contributed by atoms with Gasteiger partial charge in [0.15, 0.2) is 0 Å². The molecule has 0 atom stereocenters. The van der Waals surface area contributed by atoms with Crippen LogP contribution in [0.5, 0.6) is 0 Å². The molecule has 0 unspecified atom stereocenters. The van der Waals surface area contributed by atoms with E-state index in [4.69, 9.17) is 17.3 Å². The van der Waals surface area contributed by atoms with Crippen LogP contribution in [-0.2, 0) is 6.42 Å². The molecule has 0 radical (unpaired) electrons. The van der Waals surface area contributed by atoms with Gasteiger partial charge in [-0.25, -0.2) is 4.39 Å². The summed E-state index contributed by atoms with van der Waals surface area (Å²) >= 11 is 6.03. The fourth-order valence-corrected chi connectivity index (χ4v) is 2.00. The number of nitrogens with one attached hydrogen (secondary N) is 1. The zero-order valence-electron chi connectivity index (χ0n) is 9.79. The quantitative estimate of drug-likeness (QED) is 0.826. The third kappa shape index (κ3) is 2.93. The molecular formula is C14H14ClFN2. The molecule has 0 bridgehead atoms. The minimum absolute atomic E-state index is 0.188. The minimum Gasteiger partial charge on any atom is -0.397 e. The molecule has 2 aromatic rings. The van der Waals surface area contributed by atoms with E-state index in [1.807, 2.05) is 6.07 Å². The number of nitrogens with two attached hydrogens (primary N) is 1. The Morgan fingerprint density at radius 2 is 1.89 bits per heavy atom. The van der Waals surface area contributed by atoms with Crippen LogP contribution in [0.4, 0.5) is 15.8 Å². The first-order chi connectivity index (χ1) is 8.68. The molecule has 2 nitrogen and oxygen atoms in total. The summed E-state index contributed by atoms with van der Waals surface area (Å²) in [6.07, 6.45) is 0.581. The van der Waals surface area contributed by atoms with Crippen molar-refractivity contribution in [2.24, 2.45) is 0 Å². The van der Waals surface area contributed by atoms with Crippen molar-refractivity contribution in [3.63, 3.8) is 0 Å². The second-order valence-electron chi connectivity index (χ2n) is 3.97. The molecule has 0 aliphatic carbocycles. The largest absolute Gasteiger partial charge is 0.397 e. The van der Waals surface area contributed by atoms with Gasteiger partial charge >= 0.3 is 0 Å². The SMILES string of the molecule is Nc1cccc(Cl)c1NCCc1ccccc1F. The van der Waals surface area contributed by atoms with Gasteiger partial charge in [-0.15, -0.1) is 0 Å². The molecule has 2 aromatic carbocycles. The van der Waals surface area contributed by atoms with Gasteiger partial charge < -0.3 is 11.1 Å². The van der Waals surface area contributed by atoms with Crippen LogP contribution in [0.25, 0.3) is 0 Å². The average Bonchev–Trinajstić information content (AvgIpc) is 2.35. The number of rotatable bonds is 4. The number of hydrogen-bond acceptors (Lipinski definition) is 2. The van der Waals surface area contributed by atoms with E-state index in [0.717, 1.165) is 0 Å². The van der Waals surface area contributed by atoms with E-state index in [1.54, 1.807) is 30.3 Å². The summed E-state index contributed by atoms with van der Waals surface area (Å²) in [5.74, 6) is -0.188. The Morgan fingerprint density at radius 1 is 1.11 bits per heavy atom. The van der Waals surface area contributed by atoms with E-state index in [9.17, 15) is 4.39 Å². The Hall–Kier alpha value is -1.74. The van der Waals surface area contributed by atoms with Crippen LogP contribution >= 0.6 is 11.6 Å². The maximum Gasteiger partial charge on any atom is 0.126 e. The predicted octanol–water partition coefficient (Wildman–Crippen LogP) is 3.72. The fourth-order valence-electron chi connectivity index (χ4n) is 1.75. The van der Waals surface area contributed by atoms with E-state index in [0.29, 0.717) is 34.9 Å². The number of nitrogen functional groups attached to an aromatic ring is 1. The van der Waals surface area contributed by atoms with E-state index in [-0.39, 0.29) is 5.82 Å². The number of hydrogen-bond donors (Lipinski definition) is 2. The standard InChI is InChI=1S/C14H14ClFN2/c15-11-5-3-7-13(17)14(11)18-9-8-10-4-1-2-6-12(10)16/h1-7,18H,8-9,17H2. The van der Waals surface area contributed by atoms with Crippen molar-refractivity contribution >= 4 is 23.0 Å². The van der Waals surface area contributed by atoms with Crippen LogP contribution in [-0.4, -0.2) is 6.54 Å². The normalized spacial score (nSPS) is 10.3. The zero-order chi connectivity index (χ0) is 13.0. The lowest BCUT2D eigenvalue weighted by molar-refractivity contribution is 0.610. The maximum atomic E-state index is 13.4. The Morgan fingerprint density at radius 3 is 2.61 bits per heavy atom. The monoisotopic (exact) mass is 264 g/mol. The first-order valence-electron chi connectivity index (χ1n) is 5.70. The highest BCUT2D eigenvalue weighted by Gasteiger charge is 2.04. The summed E-state index contributed by atoms with van der Waals surface area (Å²) in [5.41, 5.74) is 7.78. The summed E-state index contributed by atoms with van der Waals surface area (Å²) in [7, 11) is 0. The topological polar surface area (TPSA) is 38.0 Å². The Kier molecular flexibility index (Phi) is 4.05. The van der Waals surface area contributed by atoms with Gasteiger partial charge in [0.2, 0.25) is 0 Å². The van der Waals surface area contributed by atoms with Crippen molar-refractivity contribution in [3.8, 4) is 0 Å². The van der Waals surface area contributed by atoms with Crippen LogP contribution in [0.3, 0.4) is 0 Å². The van der Waals surface area contributed by atoms with E-state index >= 15 is 0 Å². The average molecular weight is 265 g/mol. The number of halogens is 2. The summed E-state index contributed by atoms with van der Waals surface area (Å²) in [6, 6.07) is 12.1. The van der Waals surface area contributed by atoms with Gasteiger partial charge in [0.05, 0.1) is 16.4 Å². The summed E-state index contributed by atoms with van der Waals surface area (Å²) in [5, 5.41) is 3.71. The first-order valence-corrected chi connectivity index (χ1v) is 6.07. The van der Waals surface area contributed by atoms with E-state index in [2.05, 4.69) is 5.32 Å². The molecule has 3 N–H and O–H groups in total. The highest BCUT2D eigenvalue weighted by atomic mass is 35.5. The van der Waals surface area contributed by atoms with Gasteiger partial charge in [-0.05, 0) is 30.2 Å². The van der Waals surface area contributed by atoms with Gasteiger partial charge in [0.25, 0.3) is 0 Å². The minimum atomic E-state index is -0.188. The van der Waals surface area contributed by atoms with Crippen LogP contribution in [0.1, 0.15) is 5.56 Å². The summed E-state index contributed by atoms with van der Waals surface area (Å²) in [6.45, 7) is 0.578. The molecule has 2 rings (SSSR count). The molecule has 0 saturated carbocycles. The molecule has 18 heavy (non-hydrogen) atoms. The van der Waals surface area contributed by atoms with Crippen molar-refractivity contribution in [2.75, 3.05) is 17.6 Å². The molecule has 0 heterocycles. The molecule has 0 fully saturated rings. The molecule has 0 spiro atoms. The van der Waals surface area contributed by atoms with Gasteiger partial charge in [0, 0.05) is 6.54 Å². The zero-order valence-corrected chi connectivity index (χ0v) is 10.5.